The molecule has 17 heavy (non-hydrogen) atoms. The molecule has 0 bridgehead atoms. The van der Waals surface area contributed by atoms with Crippen LogP contribution < -0.4 is 0 Å². The van der Waals surface area contributed by atoms with Crippen LogP contribution in [0, 0.1) is 0 Å². The molecule has 3 rings (SSSR count). The number of carbonyl (C=O) groups excluding carboxylic acids is 2. The van der Waals surface area contributed by atoms with Crippen LogP contribution in [0.2, 0.25) is 0 Å². The zero-order valence-corrected chi connectivity index (χ0v) is 9.66. The van der Waals surface area contributed by atoms with E-state index in [1.54, 1.807) is 29.5 Å². The van der Waals surface area contributed by atoms with Crippen LogP contribution in [0.15, 0.2) is 41.8 Å². The van der Waals surface area contributed by atoms with E-state index in [1.807, 2.05) is 29.6 Å². The number of allylic oxidation sites excluding steroid dienone is 1. The van der Waals surface area contributed by atoms with E-state index in [0.29, 0.717) is 11.1 Å². The predicted octanol–water partition coefficient (Wildman–Crippen LogP) is 3.05. The van der Waals surface area contributed by atoms with Gasteiger partial charge >= 0.3 is 0 Å². The van der Waals surface area contributed by atoms with E-state index in [2.05, 4.69) is 0 Å². The van der Waals surface area contributed by atoms with Crippen LogP contribution in [-0.4, -0.2) is 11.6 Å². The summed E-state index contributed by atoms with van der Waals surface area (Å²) in [6, 6.07) is 11.0. The standard InChI is InChI=1S/C14H8O2S/c15-13-11-6-2-1-5-10(11)12(14(13)16)8-9-4-3-7-17-9/h1-8H. The zero-order valence-electron chi connectivity index (χ0n) is 8.84. The fourth-order valence-electron chi connectivity index (χ4n) is 1.94. The third-order valence-corrected chi connectivity index (χ3v) is 3.56. The van der Waals surface area contributed by atoms with Crippen LogP contribution in [0.4, 0.5) is 0 Å². The lowest BCUT2D eigenvalue weighted by molar-refractivity contribution is -0.109. The molecular weight excluding hydrogens is 232 g/mol. The predicted molar refractivity (Wildman–Crippen MR) is 68.0 cm³/mol. The highest BCUT2D eigenvalue weighted by Gasteiger charge is 2.32. The Morgan fingerprint density at radius 1 is 0.882 bits per heavy atom. The minimum Gasteiger partial charge on any atom is -0.285 e. The monoisotopic (exact) mass is 240 g/mol. The van der Waals surface area contributed by atoms with Gasteiger partial charge in [-0.25, -0.2) is 0 Å². The highest BCUT2D eigenvalue weighted by atomic mass is 32.1. The summed E-state index contributed by atoms with van der Waals surface area (Å²) >= 11 is 1.55. The second-order valence-corrected chi connectivity index (χ2v) is 4.76. The van der Waals surface area contributed by atoms with Crippen molar-refractivity contribution in [2.24, 2.45) is 0 Å². The Morgan fingerprint density at radius 2 is 1.65 bits per heavy atom. The minimum absolute atomic E-state index is 0.400. The number of ketones is 2. The maximum Gasteiger partial charge on any atom is 0.234 e. The number of hydrogen-bond acceptors (Lipinski definition) is 3. The maximum atomic E-state index is 11.9. The van der Waals surface area contributed by atoms with Crippen molar-refractivity contribution in [2.45, 2.75) is 0 Å². The van der Waals surface area contributed by atoms with Crippen LogP contribution in [0.5, 0.6) is 0 Å². The van der Waals surface area contributed by atoms with Gasteiger partial charge in [0, 0.05) is 16.0 Å². The van der Waals surface area contributed by atoms with Gasteiger partial charge in [0.05, 0.1) is 0 Å². The van der Waals surface area contributed by atoms with Gasteiger partial charge < -0.3 is 0 Å². The average Bonchev–Trinajstić information content (AvgIpc) is 2.94. The molecule has 1 heterocycles. The van der Waals surface area contributed by atoms with E-state index in [4.69, 9.17) is 0 Å². The number of hydrogen-bond donors (Lipinski definition) is 0. The highest BCUT2D eigenvalue weighted by molar-refractivity contribution is 7.11. The van der Waals surface area contributed by atoms with Crippen molar-refractivity contribution in [3.63, 3.8) is 0 Å². The van der Waals surface area contributed by atoms with Gasteiger partial charge in [-0.15, -0.1) is 11.3 Å². The molecule has 3 heteroatoms. The number of Topliss-reactive ketones (excluding diaryl/α,β-unsaturated/α-hetero) is 2. The zero-order chi connectivity index (χ0) is 11.8. The minimum atomic E-state index is -0.403. The Labute approximate surface area is 102 Å². The number of fused-ring (bicyclic) bond motifs is 1. The SMILES string of the molecule is O=C1C(=O)c2ccccc2C1=Cc1cccs1. The lowest BCUT2D eigenvalue weighted by atomic mass is 10.1. The largest absolute Gasteiger partial charge is 0.285 e. The summed E-state index contributed by atoms with van der Waals surface area (Å²) in [4.78, 5) is 24.6. The Morgan fingerprint density at radius 3 is 2.35 bits per heavy atom. The average molecular weight is 240 g/mol. The van der Waals surface area contributed by atoms with Crippen molar-refractivity contribution in [1.82, 2.24) is 0 Å². The molecule has 0 fully saturated rings. The Bertz CT molecular complexity index is 636. The Kier molecular flexibility index (Phi) is 2.27. The van der Waals surface area contributed by atoms with Crippen molar-refractivity contribution in [3.8, 4) is 0 Å². The van der Waals surface area contributed by atoms with E-state index >= 15 is 0 Å². The lowest BCUT2D eigenvalue weighted by Crippen LogP contribution is -2.05. The van der Waals surface area contributed by atoms with E-state index < -0.39 is 11.6 Å². The molecule has 0 saturated heterocycles. The van der Waals surface area contributed by atoms with Gasteiger partial charge in [-0.3, -0.25) is 9.59 Å². The first-order valence-electron chi connectivity index (χ1n) is 5.21. The van der Waals surface area contributed by atoms with Gasteiger partial charge in [-0.2, -0.15) is 0 Å². The number of rotatable bonds is 1. The summed E-state index contributed by atoms with van der Waals surface area (Å²) in [6.45, 7) is 0. The van der Waals surface area contributed by atoms with Gasteiger partial charge in [0.25, 0.3) is 0 Å². The first-order valence-corrected chi connectivity index (χ1v) is 6.09. The third kappa shape index (κ3) is 1.56. The molecule has 0 N–H and O–H groups in total. The van der Waals surface area contributed by atoms with Crippen LogP contribution in [0.25, 0.3) is 11.6 Å². The smallest absolute Gasteiger partial charge is 0.234 e. The molecule has 0 unspecified atom stereocenters. The highest BCUT2D eigenvalue weighted by Crippen LogP contribution is 2.31. The van der Waals surface area contributed by atoms with Crippen molar-refractivity contribution >= 4 is 34.6 Å². The summed E-state index contributed by atoms with van der Waals surface area (Å²) in [5.41, 5.74) is 1.77. The van der Waals surface area contributed by atoms with E-state index in [9.17, 15) is 9.59 Å². The number of benzene rings is 1. The van der Waals surface area contributed by atoms with E-state index in [1.165, 1.54) is 0 Å². The molecular formula is C14H8O2S. The van der Waals surface area contributed by atoms with Crippen LogP contribution in [-0.2, 0) is 4.79 Å². The topological polar surface area (TPSA) is 34.1 Å². The van der Waals surface area contributed by atoms with Crippen molar-refractivity contribution in [2.75, 3.05) is 0 Å². The fraction of sp³-hybridized carbons (Fsp3) is 0. The molecule has 0 aliphatic heterocycles. The van der Waals surface area contributed by atoms with Crippen LogP contribution in [0.1, 0.15) is 20.8 Å². The molecule has 0 radical (unpaired) electrons. The molecule has 0 spiro atoms. The first-order chi connectivity index (χ1) is 8.27. The Hall–Kier alpha value is -2.00. The van der Waals surface area contributed by atoms with Crippen molar-refractivity contribution in [3.05, 3.63) is 57.8 Å². The maximum absolute atomic E-state index is 11.9. The van der Waals surface area contributed by atoms with Gasteiger partial charge in [0.15, 0.2) is 0 Å². The number of thiophene rings is 1. The van der Waals surface area contributed by atoms with E-state index in [-0.39, 0.29) is 0 Å². The third-order valence-electron chi connectivity index (χ3n) is 2.74. The second kappa shape index (κ2) is 3.79. The second-order valence-electron chi connectivity index (χ2n) is 3.78. The molecule has 0 atom stereocenters. The quantitative estimate of drug-likeness (QED) is 0.567. The van der Waals surface area contributed by atoms with Gasteiger partial charge in [0.2, 0.25) is 11.6 Å². The molecule has 0 saturated carbocycles. The molecule has 2 nitrogen and oxygen atoms in total. The van der Waals surface area contributed by atoms with Gasteiger partial charge in [-0.05, 0) is 23.1 Å². The summed E-state index contributed by atoms with van der Waals surface area (Å²) in [7, 11) is 0. The van der Waals surface area contributed by atoms with Crippen LogP contribution in [0.3, 0.4) is 0 Å². The molecule has 0 amide bonds. The number of carbonyl (C=O) groups is 2. The van der Waals surface area contributed by atoms with Gasteiger partial charge in [0.1, 0.15) is 0 Å². The molecule has 1 aromatic carbocycles. The Balaban J connectivity index is 2.19. The molecule has 1 aromatic heterocycles. The summed E-state index contributed by atoms with van der Waals surface area (Å²) in [6.07, 6.45) is 1.79. The van der Waals surface area contributed by atoms with Crippen LogP contribution >= 0.6 is 11.3 Å². The van der Waals surface area contributed by atoms with E-state index in [0.717, 1.165) is 10.4 Å². The molecule has 1 aliphatic rings. The van der Waals surface area contributed by atoms with Crippen molar-refractivity contribution in [1.29, 1.82) is 0 Å². The molecule has 2 aromatic rings. The molecule has 1 aliphatic carbocycles. The normalized spacial score (nSPS) is 16.6. The lowest BCUT2D eigenvalue weighted by Gasteiger charge is -1.96. The summed E-state index contributed by atoms with van der Waals surface area (Å²) < 4.78 is 0. The first kappa shape index (κ1) is 10.2. The van der Waals surface area contributed by atoms with Crippen molar-refractivity contribution < 1.29 is 9.59 Å². The summed E-state index contributed by atoms with van der Waals surface area (Å²) in [5.74, 6) is -0.803. The molecule has 82 valence electrons. The van der Waals surface area contributed by atoms with Gasteiger partial charge in [-0.1, -0.05) is 30.3 Å². The summed E-state index contributed by atoms with van der Waals surface area (Å²) in [5, 5.41) is 1.94. The fourth-order valence-corrected chi connectivity index (χ4v) is 2.60.